The molecule has 33 heavy (non-hydrogen) atoms. The molecular weight excluding hydrogens is 447 g/mol. The number of carbonyl (C=O) groups excluding carboxylic acids is 3. The molecule has 3 aromatic rings. The number of aliphatic hydroxyl groups is 1. The van der Waals surface area contributed by atoms with Crippen molar-refractivity contribution in [3.05, 3.63) is 87.2 Å². The molecule has 1 aliphatic rings. The van der Waals surface area contributed by atoms with Crippen molar-refractivity contribution in [3.8, 4) is 0 Å². The van der Waals surface area contributed by atoms with Crippen LogP contribution in [0.25, 0.3) is 5.76 Å². The predicted molar refractivity (Wildman–Crippen MR) is 121 cm³/mol. The Balaban J connectivity index is 1.93. The highest BCUT2D eigenvalue weighted by Crippen LogP contribution is 2.43. The first-order chi connectivity index (χ1) is 15.7. The minimum atomic E-state index is -0.994. The van der Waals surface area contributed by atoms with Crippen LogP contribution in [-0.2, 0) is 14.3 Å². The van der Waals surface area contributed by atoms with Crippen molar-refractivity contribution in [2.24, 2.45) is 0 Å². The van der Waals surface area contributed by atoms with Gasteiger partial charge in [0, 0.05) is 5.56 Å². The van der Waals surface area contributed by atoms with Gasteiger partial charge in [0.05, 0.1) is 24.4 Å². The van der Waals surface area contributed by atoms with E-state index >= 15 is 0 Å². The van der Waals surface area contributed by atoms with Crippen LogP contribution in [0.4, 0.5) is 9.52 Å². The molecule has 0 spiro atoms. The molecule has 0 aliphatic carbocycles. The minimum absolute atomic E-state index is 0.124. The number of hydrogen-bond acceptors (Lipinski definition) is 7. The van der Waals surface area contributed by atoms with Crippen molar-refractivity contribution in [1.82, 2.24) is 4.98 Å². The lowest BCUT2D eigenvalue weighted by Gasteiger charge is -2.23. The number of aromatic nitrogens is 1. The van der Waals surface area contributed by atoms with Gasteiger partial charge in [-0.2, -0.15) is 0 Å². The number of halogens is 1. The van der Waals surface area contributed by atoms with Crippen molar-refractivity contribution >= 4 is 39.9 Å². The Morgan fingerprint density at radius 3 is 2.33 bits per heavy atom. The van der Waals surface area contributed by atoms with Crippen LogP contribution in [0, 0.1) is 19.7 Å². The SMILES string of the molecule is COC(=O)c1sc(N2C(=O)C(=O)/C(=C(/O)c3ccc(F)cc3)[C@@H]2c2ccc(C)cc2)nc1C. The van der Waals surface area contributed by atoms with E-state index in [1.54, 1.807) is 19.1 Å². The summed E-state index contributed by atoms with van der Waals surface area (Å²) in [6.45, 7) is 3.49. The lowest BCUT2D eigenvalue weighted by Crippen LogP contribution is -2.29. The second-order valence-electron chi connectivity index (χ2n) is 7.49. The number of nitrogens with zero attached hydrogens (tertiary/aromatic N) is 2. The number of anilines is 1. The molecule has 0 radical (unpaired) electrons. The summed E-state index contributed by atoms with van der Waals surface area (Å²) in [4.78, 5) is 44.0. The smallest absolute Gasteiger partial charge is 0.350 e. The maximum absolute atomic E-state index is 13.4. The molecule has 1 aromatic heterocycles. The van der Waals surface area contributed by atoms with E-state index in [1.165, 1.54) is 24.1 Å². The lowest BCUT2D eigenvalue weighted by molar-refractivity contribution is -0.132. The van der Waals surface area contributed by atoms with E-state index in [-0.39, 0.29) is 21.1 Å². The number of aryl methyl sites for hydroxylation is 2. The molecule has 7 nitrogen and oxygen atoms in total. The Hall–Kier alpha value is -3.85. The van der Waals surface area contributed by atoms with Crippen LogP contribution in [0.3, 0.4) is 0 Å². The molecule has 2 heterocycles. The highest BCUT2D eigenvalue weighted by Gasteiger charge is 2.48. The third-order valence-electron chi connectivity index (χ3n) is 5.32. The van der Waals surface area contributed by atoms with Crippen LogP contribution in [0.1, 0.15) is 38.1 Å². The first-order valence-corrected chi connectivity index (χ1v) is 10.7. The first-order valence-electron chi connectivity index (χ1n) is 9.92. The third kappa shape index (κ3) is 3.91. The van der Waals surface area contributed by atoms with Crippen LogP contribution in [0.5, 0.6) is 0 Å². The van der Waals surface area contributed by atoms with Gasteiger partial charge in [-0.15, -0.1) is 0 Å². The van der Waals surface area contributed by atoms with Gasteiger partial charge in [0.25, 0.3) is 5.78 Å². The fourth-order valence-electron chi connectivity index (χ4n) is 3.62. The highest BCUT2D eigenvalue weighted by molar-refractivity contribution is 7.17. The maximum atomic E-state index is 13.4. The number of thiazole rings is 1. The molecule has 1 fully saturated rings. The largest absolute Gasteiger partial charge is 0.507 e. The number of rotatable bonds is 4. The van der Waals surface area contributed by atoms with Gasteiger partial charge in [-0.3, -0.25) is 14.5 Å². The third-order valence-corrected chi connectivity index (χ3v) is 6.45. The number of ketones is 1. The summed E-state index contributed by atoms with van der Waals surface area (Å²) < 4.78 is 18.2. The Bertz CT molecular complexity index is 1300. The molecular formula is C24H19FN2O5S. The van der Waals surface area contributed by atoms with Gasteiger partial charge in [-0.25, -0.2) is 14.2 Å². The van der Waals surface area contributed by atoms with Crippen LogP contribution < -0.4 is 4.90 Å². The van der Waals surface area contributed by atoms with E-state index in [0.29, 0.717) is 11.3 Å². The van der Waals surface area contributed by atoms with Crippen LogP contribution >= 0.6 is 11.3 Å². The zero-order chi connectivity index (χ0) is 23.9. The van der Waals surface area contributed by atoms with Crippen LogP contribution in [0.2, 0.25) is 0 Å². The van der Waals surface area contributed by atoms with E-state index in [0.717, 1.165) is 29.0 Å². The first kappa shape index (κ1) is 22.3. The number of methoxy groups -OCH3 is 1. The second kappa shape index (κ2) is 8.59. The fourth-order valence-corrected chi connectivity index (χ4v) is 4.64. The summed E-state index contributed by atoms with van der Waals surface area (Å²) >= 11 is 0.922. The van der Waals surface area contributed by atoms with Gasteiger partial charge in [0.2, 0.25) is 0 Å². The number of Topliss-reactive ketones (excluding diaryl/α,β-unsaturated/α-hetero) is 1. The summed E-state index contributed by atoms with van der Waals surface area (Å²) in [6, 6.07) is 11.1. The zero-order valence-corrected chi connectivity index (χ0v) is 18.8. The number of amides is 1. The lowest BCUT2D eigenvalue weighted by atomic mass is 9.95. The Kier molecular flexibility index (Phi) is 5.82. The molecule has 9 heteroatoms. The highest BCUT2D eigenvalue weighted by atomic mass is 32.1. The number of hydrogen-bond donors (Lipinski definition) is 1. The summed E-state index contributed by atoms with van der Waals surface area (Å²) in [5, 5.41) is 11.1. The van der Waals surface area contributed by atoms with Crippen LogP contribution in [0.15, 0.2) is 54.1 Å². The molecule has 168 valence electrons. The average molecular weight is 466 g/mol. The molecule has 0 bridgehead atoms. The molecule has 2 aromatic carbocycles. The zero-order valence-electron chi connectivity index (χ0n) is 18.0. The minimum Gasteiger partial charge on any atom is -0.507 e. The van der Waals surface area contributed by atoms with Gasteiger partial charge < -0.3 is 9.84 Å². The second-order valence-corrected chi connectivity index (χ2v) is 8.47. The maximum Gasteiger partial charge on any atom is 0.350 e. The van der Waals surface area contributed by atoms with Gasteiger partial charge >= 0.3 is 11.9 Å². The number of ether oxygens (including phenoxy) is 1. The predicted octanol–water partition coefficient (Wildman–Crippen LogP) is 4.31. The van der Waals surface area contributed by atoms with Gasteiger partial charge in [-0.1, -0.05) is 41.2 Å². The normalized spacial score (nSPS) is 17.5. The quantitative estimate of drug-likeness (QED) is 0.266. The molecule has 0 unspecified atom stereocenters. The van der Waals surface area contributed by atoms with Gasteiger partial charge in [0.15, 0.2) is 5.13 Å². The monoisotopic (exact) mass is 466 g/mol. The summed E-state index contributed by atoms with van der Waals surface area (Å²) in [5.74, 6) is -3.34. The summed E-state index contributed by atoms with van der Waals surface area (Å²) in [7, 11) is 1.24. The van der Waals surface area contributed by atoms with E-state index in [9.17, 15) is 23.9 Å². The molecule has 1 amide bonds. The number of benzene rings is 2. The standard InChI is InChI=1S/C24H19FN2O5S/c1-12-4-6-14(7-5-12)18-17(19(28)15-8-10-16(25)11-9-15)20(29)22(30)27(18)24-26-13(2)21(33-24)23(31)32-3/h4-11,18,28H,1-3H3/b19-17+/t18-/m0/s1. The number of esters is 1. The Morgan fingerprint density at radius 2 is 1.73 bits per heavy atom. The molecule has 4 rings (SSSR count). The molecule has 1 N–H and O–H groups in total. The van der Waals surface area contributed by atoms with Crippen molar-refractivity contribution in [2.75, 3.05) is 12.0 Å². The van der Waals surface area contributed by atoms with E-state index in [2.05, 4.69) is 4.98 Å². The molecule has 1 atom stereocenters. The van der Waals surface area contributed by atoms with Crippen molar-refractivity contribution in [3.63, 3.8) is 0 Å². The van der Waals surface area contributed by atoms with E-state index in [1.807, 2.05) is 19.1 Å². The van der Waals surface area contributed by atoms with Crippen molar-refractivity contribution < 1.29 is 28.6 Å². The Morgan fingerprint density at radius 1 is 1.09 bits per heavy atom. The van der Waals surface area contributed by atoms with E-state index in [4.69, 9.17) is 4.74 Å². The summed E-state index contributed by atoms with van der Waals surface area (Å²) in [5.41, 5.74) is 1.92. The number of carbonyl (C=O) groups is 3. The van der Waals surface area contributed by atoms with E-state index < -0.39 is 35.3 Å². The summed E-state index contributed by atoms with van der Waals surface area (Å²) in [6.07, 6.45) is 0. The molecule has 1 aliphatic heterocycles. The molecule has 1 saturated heterocycles. The van der Waals surface area contributed by atoms with Crippen molar-refractivity contribution in [1.29, 1.82) is 0 Å². The Labute approximate surface area is 192 Å². The van der Waals surface area contributed by atoms with Gasteiger partial charge in [0.1, 0.15) is 16.5 Å². The average Bonchev–Trinajstić information content (AvgIpc) is 3.31. The topological polar surface area (TPSA) is 96.8 Å². The van der Waals surface area contributed by atoms with Gasteiger partial charge in [-0.05, 0) is 43.7 Å². The molecule has 0 saturated carbocycles. The fraction of sp³-hybridized carbons (Fsp3) is 0.167. The van der Waals surface area contributed by atoms with Crippen LogP contribution in [-0.4, -0.2) is 34.9 Å². The number of aliphatic hydroxyl groups excluding tert-OH is 1. The van der Waals surface area contributed by atoms with Crippen molar-refractivity contribution in [2.45, 2.75) is 19.9 Å².